The number of nitrogens with one attached hydrogen (secondary N) is 2. The van der Waals surface area contributed by atoms with Crippen LogP contribution in [0.1, 0.15) is 40.5 Å². The van der Waals surface area contributed by atoms with Crippen LogP contribution in [0.5, 0.6) is 0 Å². The average molecular weight is 364 g/mol. The SMILES string of the molecule is CCNC(CC)CC(C)(C)Nc1nc(-c2ccncc2)nc2cnccc12. The van der Waals surface area contributed by atoms with Crippen molar-refractivity contribution in [2.75, 3.05) is 11.9 Å². The third-order valence-corrected chi connectivity index (χ3v) is 4.64. The van der Waals surface area contributed by atoms with Crippen molar-refractivity contribution in [2.45, 2.75) is 52.1 Å². The molecule has 0 saturated carbocycles. The predicted molar refractivity (Wildman–Crippen MR) is 111 cm³/mol. The highest BCUT2D eigenvalue weighted by Gasteiger charge is 2.24. The molecule has 142 valence electrons. The van der Waals surface area contributed by atoms with E-state index < -0.39 is 0 Å². The molecular weight excluding hydrogens is 336 g/mol. The Morgan fingerprint density at radius 3 is 2.44 bits per heavy atom. The second-order valence-electron chi connectivity index (χ2n) is 7.40. The van der Waals surface area contributed by atoms with Crippen molar-refractivity contribution in [2.24, 2.45) is 0 Å². The second kappa shape index (κ2) is 8.39. The minimum absolute atomic E-state index is 0.122. The number of hydrogen-bond donors (Lipinski definition) is 2. The fraction of sp³-hybridized carbons (Fsp3) is 0.429. The Morgan fingerprint density at radius 1 is 1.00 bits per heavy atom. The summed E-state index contributed by atoms with van der Waals surface area (Å²) in [6.45, 7) is 9.77. The number of hydrogen-bond acceptors (Lipinski definition) is 6. The van der Waals surface area contributed by atoms with Crippen LogP contribution in [0.25, 0.3) is 22.3 Å². The number of aromatic nitrogens is 4. The Bertz CT molecular complexity index is 878. The molecule has 0 aliphatic carbocycles. The van der Waals surface area contributed by atoms with Gasteiger partial charge in [-0.05, 0) is 51.4 Å². The highest BCUT2D eigenvalue weighted by atomic mass is 15.1. The fourth-order valence-corrected chi connectivity index (χ4v) is 3.34. The van der Waals surface area contributed by atoms with Crippen LogP contribution < -0.4 is 10.6 Å². The van der Waals surface area contributed by atoms with Gasteiger partial charge >= 0.3 is 0 Å². The molecule has 3 aromatic heterocycles. The Kier molecular flexibility index (Phi) is 5.96. The lowest BCUT2D eigenvalue weighted by Gasteiger charge is -2.32. The Morgan fingerprint density at radius 2 is 1.74 bits per heavy atom. The van der Waals surface area contributed by atoms with Gasteiger partial charge in [-0.1, -0.05) is 13.8 Å². The van der Waals surface area contributed by atoms with Gasteiger partial charge in [-0.25, -0.2) is 9.97 Å². The number of fused-ring (bicyclic) bond motifs is 1. The van der Waals surface area contributed by atoms with Crippen LogP contribution in [0.4, 0.5) is 5.82 Å². The largest absolute Gasteiger partial charge is 0.364 e. The third-order valence-electron chi connectivity index (χ3n) is 4.64. The van der Waals surface area contributed by atoms with E-state index in [0.29, 0.717) is 11.9 Å². The van der Waals surface area contributed by atoms with E-state index in [9.17, 15) is 0 Å². The number of nitrogens with zero attached hydrogens (tertiary/aromatic N) is 4. The molecule has 3 rings (SSSR count). The minimum atomic E-state index is -0.122. The molecule has 0 aromatic carbocycles. The van der Waals surface area contributed by atoms with Gasteiger partial charge < -0.3 is 10.6 Å². The van der Waals surface area contributed by atoms with E-state index in [-0.39, 0.29) is 5.54 Å². The topological polar surface area (TPSA) is 75.6 Å². The van der Waals surface area contributed by atoms with Crippen LogP contribution in [-0.2, 0) is 0 Å². The van der Waals surface area contributed by atoms with E-state index in [1.807, 2.05) is 18.2 Å². The van der Waals surface area contributed by atoms with Crippen molar-refractivity contribution < 1.29 is 0 Å². The van der Waals surface area contributed by atoms with Crippen LogP contribution in [0.15, 0.2) is 43.0 Å². The molecule has 1 atom stereocenters. The monoisotopic (exact) mass is 364 g/mol. The highest BCUT2D eigenvalue weighted by Crippen LogP contribution is 2.28. The first-order valence-corrected chi connectivity index (χ1v) is 9.56. The molecule has 0 aliphatic rings. The van der Waals surface area contributed by atoms with E-state index in [4.69, 9.17) is 4.98 Å². The molecule has 0 saturated heterocycles. The maximum absolute atomic E-state index is 4.84. The van der Waals surface area contributed by atoms with E-state index in [0.717, 1.165) is 41.7 Å². The van der Waals surface area contributed by atoms with E-state index in [2.05, 4.69) is 53.3 Å². The lowest BCUT2D eigenvalue weighted by atomic mass is 9.93. The van der Waals surface area contributed by atoms with Gasteiger partial charge in [-0.15, -0.1) is 0 Å². The van der Waals surface area contributed by atoms with Crippen molar-refractivity contribution in [1.82, 2.24) is 25.3 Å². The van der Waals surface area contributed by atoms with Gasteiger partial charge in [0.25, 0.3) is 0 Å². The Hall–Kier alpha value is -2.60. The normalized spacial score (nSPS) is 12.9. The molecule has 0 amide bonds. The molecule has 0 fully saturated rings. The summed E-state index contributed by atoms with van der Waals surface area (Å²) in [5.74, 6) is 1.51. The molecular formula is C21H28N6. The van der Waals surface area contributed by atoms with E-state index in [1.165, 1.54) is 0 Å². The summed E-state index contributed by atoms with van der Waals surface area (Å²) in [6, 6.07) is 6.27. The first kappa shape index (κ1) is 19.2. The third kappa shape index (κ3) is 4.77. The van der Waals surface area contributed by atoms with Crippen molar-refractivity contribution >= 4 is 16.7 Å². The van der Waals surface area contributed by atoms with Crippen LogP contribution in [0.3, 0.4) is 0 Å². The molecule has 6 heteroatoms. The van der Waals surface area contributed by atoms with Crippen molar-refractivity contribution in [3.05, 3.63) is 43.0 Å². The Labute approximate surface area is 160 Å². The molecule has 0 spiro atoms. The summed E-state index contributed by atoms with van der Waals surface area (Å²) in [6.07, 6.45) is 9.17. The van der Waals surface area contributed by atoms with Gasteiger partial charge in [-0.2, -0.15) is 0 Å². The quantitative estimate of drug-likeness (QED) is 0.628. The highest BCUT2D eigenvalue weighted by molar-refractivity contribution is 5.90. The molecule has 1 unspecified atom stereocenters. The van der Waals surface area contributed by atoms with Gasteiger partial charge in [0.15, 0.2) is 5.82 Å². The molecule has 6 nitrogen and oxygen atoms in total. The maximum atomic E-state index is 4.84. The minimum Gasteiger partial charge on any atom is -0.364 e. The average Bonchev–Trinajstić information content (AvgIpc) is 2.67. The molecule has 2 N–H and O–H groups in total. The van der Waals surface area contributed by atoms with Crippen LogP contribution >= 0.6 is 0 Å². The summed E-state index contributed by atoms with van der Waals surface area (Å²) >= 11 is 0. The Balaban J connectivity index is 1.97. The predicted octanol–water partition coefficient (Wildman–Crippen LogP) is 4.06. The molecule has 0 bridgehead atoms. The zero-order valence-corrected chi connectivity index (χ0v) is 16.5. The van der Waals surface area contributed by atoms with E-state index >= 15 is 0 Å². The van der Waals surface area contributed by atoms with Crippen LogP contribution in [-0.4, -0.2) is 38.1 Å². The van der Waals surface area contributed by atoms with Gasteiger partial charge in [0, 0.05) is 41.1 Å². The first-order chi connectivity index (χ1) is 13.0. The van der Waals surface area contributed by atoms with Crippen LogP contribution in [0, 0.1) is 0 Å². The summed E-state index contributed by atoms with van der Waals surface area (Å²) in [7, 11) is 0. The summed E-state index contributed by atoms with van der Waals surface area (Å²) < 4.78 is 0. The van der Waals surface area contributed by atoms with Gasteiger partial charge in [0.05, 0.1) is 11.7 Å². The first-order valence-electron chi connectivity index (χ1n) is 9.56. The van der Waals surface area contributed by atoms with Crippen molar-refractivity contribution in [3.8, 4) is 11.4 Å². The van der Waals surface area contributed by atoms with Gasteiger partial charge in [-0.3, -0.25) is 9.97 Å². The van der Waals surface area contributed by atoms with Crippen molar-refractivity contribution in [1.29, 1.82) is 0 Å². The zero-order chi connectivity index (χ0) is 19.3. The molecule has 3 heterocycles. The summed E-state index contributed by atoms with van der Waals surface area (Å²) in [5.41, 5.74) is 1.65. The number of anilines is 1. The number of rotatable bonds is 8. The second-order valence-corrected chi connectivity index (χ2v) is 7.40. The number of pyridine rings is 2. The lowest BCUT2D eigenvalue weighted by Crippen LogP contribution is -2.41. The standard InChI is InChI=1S/C21H28N6/c1-5-16(24-6-2)13-21(3,4)27-20-17-9-12-23-14-18(17)25-19(26-20)15-7-10-22-11-8-15/h7-12,14,16,24H,5-6,13H2,1-4H3,(H,25,26,27). The molecule has 0 radical (unpaired) electrons. The molecule has 3 aromatic rings. The van der Waals surface area contributed by atoms with Crippen LogP contribution in [0.2, 0.25) is 0 Å². The van der Waals surface area contributed by atoms with Gasteiger partial charge in [0.2, 0.25) is 0 Å². The smallest absolute Gasteiger partial charge is 0.162 e. The van der Waals surface area contributed by atoms with Gasteiger partial charge in [0.1, 0.15) is 5.82 Å². The maximum Gasteiger partial charge on any atom is 0.162 e. The lowest BCUT2D eigenvalue weighted by molar-refractivity contribution is 0.391. The molecule has 0 aliphatic heterocycles. The summed E-state index contributed by atoms with van der Waals surface area (Å²) in [4.78, 5) is 17.8. The van der Waals surface area contributed by atoms with Crippen molar-refractivity contribution in [3.63, 3.8) is 0 Å². The molecule has 27 heavy (non-hydrogen) atoms. The van der Waals surface area contributed by atoms with E-state index in [1.54, 1.807) is 24.8 Å². The fourth-order valence-electron chi connectivity index (χ4n) is 3.34. The zero-order valence-electron chi connectivity index (χ0n) is 16.5. The summed E-state index contributed by atoms with van der Waals surface area (Å²) in [5, 5.41) is 8.20.